The number of allylic oxidation sites excluding steroid dienone is 1. The van der Waals surface area contributed by atoms with E-state index in [0.717, 1.165) is 55.3 Å². The van der Waals surface area contributed by atoms with Gasteiger partial charge in [0.15, 0.2) is 0 Å². The van der Waals surface area contributed by atoms with Crippen LogP contribution in [0.2, 0.25) is 0 Å². The highest BCUT2D eigenvalue weighted by molar-refractivity contribution is 5.87. The maximum absolute atomic E-state index is 11.7. The van der Waals surface area contributed by atoms with E-state index in [1.54, 1.807) is 6.08 Å². The smallest absolute Gasteiger partial charge is 0.244 e. The molecule has 3 heteroatoms. The molecular formula is C29H45NO2. The Hall–Kier alpha value is -1.27. The van der Waals surface area contributed by atoms with Gasteiger partial charge >= 0.3 is 0 Å². The summed E-state index contributed by atoms with van der Waals surface area (Å²) < 4.78 is 0. The fraction of sp³-hybridized carbons (Fsp3) is 0.828. The summed E-state index contributed by atoms with van der Waals surface area (Å²) in [6, 6.07) is 0. The minimum atomic E-state index is -0.0823. The summed E-state index contributed by atoms with van der Waals surface area (Å²) in [5.74, 6) is 7.30. The van der Waals surface area contributed by atoms with E-state index < -0.39 is 0 Å². The van der Waals surface area contributed by atoms with Crippen LogP contribution >= 0.6 is 0 Å². The third kappa shape index (κ3) is 4.29. The van der Waals surface area contributed by atoms with Gasteiger partial charge in [-0.1, -0.05) is 32.8 Å². The molecule has 9 atom stereocenters. The van der Waals surface area contributed by atoms with Crippen molar-refractivity contribution in [3.05, 3.63) is 12.2 Å². The van der Waals surface area contributed by atoms with Crippen molar-refractivity contribution in [3.8, 4) is 12.3 Å². The molecule has 9 unspecified atom stereocenters. The molecule has 4 aliphatic rings. The van der Waals surface area contributed by atoms with Gasteiger partial charge in [-0.2, -0.15) is 0 Å². The van der Waals surface area contributed by atoms with Crippen molar-refractivity contribution in [3.63, 3.8) is 0 Å². The van der Waals surface area contributed by atoms with Crippen molar-refractivity contribution in [2.45, 2.75) is 97.5 Å². The van der Waals surface area contributed by atoms with E-state index >= 15 is 0 Å². The predicted octanol–water partition coefficient (Wildman–Crippen LogP) is 5.73. The van der Waals surface area contributed by atoms with Gasteiger partial charge in [-0.25, -0.2) is 0 Å². The van der Waals surface area contributed by atoms with E-state index in [0.29, 0.717) is 23.3 Å². The lowest BCUT2D eigenvalue weighted by atomic mass is 9.44. The normalized spacial score (nSPS) is 44.2. The fourth-order valence-corrected chi connectivity index (χ4v) is 9.16. The minimum Gasteiger partial charge on any atom is -0.393 e. The van der Waals surface area contributed by atoms with Gasteiger partial charge in [0.05, 0.1) is 12.6 Å². The van der Waals surface area contributed by atoms with Gasteiger partial charge in [-0.15, -0.1) is 6.42 Å². The Morgan fingerprint density at radius 2 is 1.88 bits per heavy atom. The first-order valence-corrected chi connectivity index (χ1v) is 13.4. The number of nitrogens with one attached hydrogen (secondary N) is 1. The number of carbonyl (C=O) groups excluding carboxylic acids is 1. The number of rotatable bonds is 6. The third-order valence-corrected chi connectivity index (χ3v) is 10.8. The van der Waals surface area contributed by atoms with E-state index in [-0.39, 0.29) is 12.0 Å². The Labute approximate surface area is 196 Å². The standard InChI is InChI=1S/C29H45NO2/c1-5-18-30-27(32)9-7-6-8-20(2)24-12-13-25-23-11-10-21-19-22(31)14-16-28(21,3)26(23)15-17-29(24,25)4/h1,7,9,20-26,31H,6,8,10-19H2,2-4H3,(H,30,32)/b9-7+. The average molecular weight is 440 g/mol. The highest BCUT2D eigenvalue weighted by Crippen LogP contribution is 2.68. The number of aliphatic hydroxyl groups is 1. The number of terminal acetylenes is 1. The van der Waals surface area contributed by atoms with Crippen LogP contribution < -0.4 is 5.32 Å². The SMILES string of the molecule is C#CCNC(=O)/C=C/CCC(C)C1CCC2C3CCC4CC(O)CCC4(C)C3CCC12C. The van der Waals surface area contributed by atoms with E-state index in [1.165, 1.54) is 44.9 Å². The number of fused-ring (bicyclic) bond motifs is 5. The summed E-state index contributed by atoms with van der Waals surface area (Å²) in [5, 5.41) is 13.0. The molecule has 0 spiro atoms. The lowest BCUT2D eigenvalue weighted by Gasteiger charge is -2.61. The van der Waals surface area contributed by atoms with Gasteiger partial charge in [0, 0.05) is 0 Å². The van der Waals surface area contributed by atoms with Crippen LogP contribution in [-0.2, 0) is 4.79 Å². The lowest BCUT2D eigenvalue weighted by Crippen LogP contribution is -2.54. The highest BCUT2D eigenvalue weighted by atomic mass is 16.3. The van der Waals surface area contributed by atoms with Crippen molar-refractivity contribution in [1.82, 2.24) is 5.32 Å². The molecule has 0 saturated heterocycles. The number of carbonyl (C=O) groups is 1. The van der Waals surface area contributed by atoms with Crippen LogP contribution in [0.25, 0.3) is 0 Å². The molecule has 4 fully saturated rings. The Morgan fingerprint density at radius 3 is 2.66 bits per heavy atom. The zero-order chi connectivity index (χ0) is 22.9. The topological polar surface area (TPSA) is 49.3 Å². The number of amides is 1. The predicted molar refractivity (Wildman–Crippen MR) is 131 cm³/mol. The molecule has 2 N–H and O–H groups in total. The van der Waals surface area contributed by atoms with E-state index in [9.17, 15) is 9.90 Å². The van der Waals surface area contributed by atoms with Crippen LogP contribution in [0.3, 0.4) is 0 Å². The van der Waals surface area contributed by atoms with Gasteiger partial charge < -0.3 is 10.4 Å². The summed E-state index contributed by atoms with van der Waals surface area (Å²) >= 11 is 0. The summed E-state index contributed by atoms with van der Waals surface area (Å²) in [5.41, 5.74) is 0.962. The van der Waals surface area contributed by atoms with Crippen molar-refractivity contribution < 1.29 is 9.90 Å². The van der Waals surface area contributed by atoms with Gasteiger partial charge in [0.1, 0.15) is 0 Å². The first-order valence-electron chi connectivity index (χ1n) is 13.4. The second-order valence-electron chi connectivity index (χ2n) is 12.2. The molecule has 0 heterocycles. The molecular weight excluding hydrogens is 394 g/mol. The molecule has 0 aromatic carbocycles. The highest BCUT2D eigenvalue weighted by Gasteiger charge is 2.60. The van der Waals surface area contributed by atoms with Crippen LogP contribution in [0.5, 0.6) is 0 Å². The summed E-state index contributed by atoms with van der Waals surface area (Å²) in [6.07, 6.45) is 22.6. The maximum atomic E-state index is 11.7. The third-order valence-electron chi connectivity index (χ3n) is 10.8. The molecule has 32 heavy (non-hydrogen) atoms. The van der Waals surface area contributed by atoms with Crippen molar-refractivity contribution >= 4 is 5.91 Å². The van der Waals surface area contributed by atoms with E-state index in [2.05, 4.69) is 32.0 Å². The molecule has 4 aliphatic carbocycles. The Balaban J connectivity index is 1.37. The molecule has 0 aromatic heterocycles. The van der Waals surface area contributed by atoms with E-state index in [4.69, 9.17) is 6.42 Å². The number of hydrogen-bond acceptors (Lipinski definition) is 2. The largest absolute Gasteiger partial charge is 0.393 e. The number of aliphatic hydroxyl groups excluding tert-OH is 1. The maximum Gasteiger partial charge on any atom is 0.244 e. The molecule has 0 radical (unpaired) electrons. The first kappa shape index (κ1) is 23.9. The molecule has 3 nitrogen and oxygen atoms in total. The van der Waals surface area contributed by atoms with Crippen LogP contribution in [-0.4, -0.2) is 23.7 Å². The Bertz CT molecular complexity index is 753. The average Bonchev–Trinajstić information content (AvgIpc) is 3.13. The van der Waals surface area contributed by atoms with Crippen LogP contribution in [0, 0.1) is 58.7 Å². The molecule has 0 bridgehead atoms. The zero-order valence-electron chi connectivity index (χ0n) is 20.6. The Kier molecular flexibility index (Phi) is 7.11. The number of hydrogen-bond donors (Lipinski definition) is 2. The zero-order valence-corrected chi connectivity index (χ0v) is 20.6. The van der Waals surface area contributed by atoms with Crippen molar-refractivity contribution in [2.24, 2.45) is 46.3 Å². The molecule has 4 saturated carbocycles. The van der Waals surface area contributed by atoms with Gasteiger partial charge in [-0.3, -0.25) is 4.79 Å². The minimum absolute atomic E-state index is 0.0485. The molecule has 0 aliphatic heterocycles. The van der Waals surface area contributed by atoms with E-state index in [1.807, 2.05) is 6.08 Å². The molecule has 178 valence electrons. The summed E-state index contributed by atoms with van der Waals surface area (Å²) in [7, 11) is 0. The van der Waals surface area contributed by atoms with Crippen molar-refractivity contribution in [1.29, 1.82) is 0 Å². The lowest BCUT2D eigenvalue weighted by molar-refractivity contribution is -0.129. The quantitative estimate of drug-likeness (QED) is 0.410. The Morgan fingerprint density at radius 1 is 1.12 bits per heavy atom. The molecule has 1 amide bonds. The van der Waals surface area contributed by atoms with Crippen LogP contribution in [0.15, 0.2) is 12.2 Å². The monoisotopic (exact) mass is 439 g/mol. The van der Waals surface area contributed by atoms with Crippen LogP contribution in [0.4, 0.5) is 0 Å². The van der Waals surface area contributed by atoms with Crippen molar-refractivity contribution in [2.75, 3.05) is 6.54 Å². The summed E-state index contributed by atoms with van der Waals surface area (Å²) in [4.78, 5) is 11.7. The first-order chi connectivity index (χ1) is 15.3. The molecule has 4 rings (SSSR count). The second-order valence-corrected chi connectivity index (χ2v) is 12.2. The van der Waals surface area contributed by atoms with Gasteiger partial charge in [0.2, 0.25) is 5.91 Å². The van der Waals surface area contributed by atoms with Gasteiger partial charge in [-0.05, 0) is 123 Å². The summed E-state index contributed by atoms with van der Waals surface area (Å²) in [6.45, 7) is 7.97. The second kappa shape index (κ2) is 9.54. The van der Waals surface area contributed by atoms with Crippen LogP contribution in [0.1, 0.15) is 91.4 Å². The fourth-order valence-electron chi connectivity index (χ4n) is 9.16. The molecule has 0 aromatic rings. The van der Waals surface area contributed by atoms with Gasteiger partial charge in [0.25, 0.3) is 0 Å².